The van der Waals surface area contributed by atoms with Crippen molar-refractivity contribution in [1.82, 2.24) is 14.9 Å². The fraction of sp³-hybridized carbons (Fsp3) is 0.545. The van der Waals surface area contributed by atoms with Gasteiger partial charge in [0.15, 0.2) is 11.5 Å². The number of ether oxygens (including phenoxy) is 2. The van der Waals surface area contributed by atoms with Crippen LogP contribution in [0.1, 0.15) is 36.1 Å². The molecule has 4 rings (SSSR count). The Kier molecular flexibility index (Phi) is 5.15. The zero-order chi connectivity index (χ0) is 19.7. The molecule has 0 amide bonds. The number of likely N-dealkylation sites (tertiary alicyclic amines) is 1. The second-order valence-electron chi connectivity index (χ2n) is 8.19. The van der Waals surface area contributed by atoms with Crippen LogP contribution in [0, 0.1) is 0 Å². The van der Waals surface area contributed by atoms with Crippen molar-refractivity contribution >= 4 is 5.95 Å². The third-order valence-corrected chi connectivity index (χ3v) is 6.16. The van der Waals surface area contributed by atoms with Gasteiger partial charge in [0.25, 0.3) is 0 Å². The predicted molar refractivity (Wildman–Crippen MR) is 110 cm³/mol. The lowest BCUT2D eigenvalue weighted by molar-refractivity contribution is 0.135. The molecule has 0 N–H and O–H groups in total. The number of hydrogen-bond acceptors (Lipinski definition) is 6. The van der Waals surface area contributed by atoms with Gasteiger partial charge in [-0.2, -0.15) is 0 Å². The summed E-state index contributed by atoms with van der Waals surface area (Å²) < 4.78 is 11.1. The Morgan fingerprint density at radius 3 is 2.79 bits per heavy atom. The van der Waals surface area contributed by atoms with Crippen molar-refractivity contribution in [3.63, 3.8) is 0 Å². The summed E-state index contributed by atoms with van der Waals surface area (Å²) in [5, 5.41) is 0. The molecule has 0 saturated carbocycles. The number of aromatic nitrogens is 2. The molecule has 150 valence electrons. The van der Waals surface area contributed by atoms with Gasteiger partial charge in [-0.3, -0.25) is 4.90 Å². The van der Waals surface area contributed by atoms with Gasteiger partial charge in [-0.1, -0.05) is 12.1 Å². The lowest BCUT2D eigenvalue weighted by atomic mass is 9.77. The molecule has 6 nitrogen and oxygen atoms in total. The van der Waals surface area contributed by atoms with Crippen LogP contribution in [0.25, 0.3) is 0 Å². The average Bonchev–Trinajstić information content (AvgIpc) is 3.05. The first-order valence-electron chi connectivity index (χ1n) is 10.0. The van der Waals surface area contributed by atoms with Crippen molar-refractivity contribution in [2.75, 3.05) is 46.3 Å². The Balaban J connectivity index is 1.60. The van der Waals surface area contributed by atoms with Crippen LogP contribution in [0.5, 0.6) is 11.5 Å². The zero-order valence-electron chi connectivity index (χ0n) is 17.4. The minimum atomic E-state index is 0.146. The van der Waals surface area contributed by atoms with Crippen LogP contribution in [0.4, 0.5) is 5.95 Å². The highest BCUT2D eigenvalue weighted by atomic mass is 16.5. The molecule has 1 aromatic carbocycles. The summed E-state index contributed by atoms with van der Waals surface area (Å²) in [6.45, 7) is 3.00. The topological polar surface area (TPSA) is 50.7 Å². The third-order valence-electron chi connectivity index (χ3n) is 6.16. The van der Waals surface area contributed by atoms with Gasteiger partial charge >= 0.3 is 0 Å². The molecule has 1 saturated heterocycles. The summed E-state index contributed by atoms with van der Waals surface area (Å²) in [7, 11) is 7.41. The molecule has 0 bridgehead atoms. The summed E-state index contributed by atoms with van der Waals surface area (Å²) in [4.78, 5) is 14.0. The van der Waals surface area contributed by atoms with Gasteiger partial charge in [-0.05, 0) is 43.9 Å². The molecule has 1 unspecified atom stereocenters. The van der Waals surface area contributed by atoms with Crippen molar-refractivity contribution < 1.29 is 9.47 Å². The van der Waals surface area contributed by atoms with Gasteiger partial charge in [0, 0.05) is 44.4 Å². The number of methoxy groups -OCH3 is 2. The summed E-state index contributed by atoms with van der Waals surface area (Å²) in [5.41, 5.74) is 3.92. The number of anilines is 1. The Bertz CT molecular complexity index is 850. The first kappa shape index (κ1) is 19.0. The molecule has 2 aliphatic rings. The van der Waals surface area contributed by atoms with E-state index in [-0.39, 0.29) is 5.41 Å². The van der Waals surface area contributed by atoms with Crippen molar-refractivity contribution in [2.24, 2.45) is 0 Å². The van der Waals surface area contributed by atoms with E-state index in [1.807, 2.05) is 37.3 Å². The molecule has 0 radical (unpaired) electrons. The SMILES string of the molecule is COc1cccc(CN2CCCC3(CCc4cnc(N(C)C)nc43)C2)c1OC. The van der Waals surface area contributed by atoms with Gasteiger partial charge < -0.3 is 14.4 Å². The Morgan fingerprint density at radius 1 is 1.18 bits per heavy atom. The van der Waals surface area contributed by atoms with E-state index in [0.29, 0.717) is 0 Å². The van der Waals surface area contributed by atoms with E-state index >= 15 is 0 Å². The monoisotopic (exact) mass is 382 g/mol. The molecule has 1 aromatic heterocycles. The quantitative estimate of drug-likeness (QED) is 0.792. The summed E-state index contributed by atoms with van der Waals surface area (Å²) in [6.07, 6.45) is 6.68. The van der Waals surface area contributed by atoms with E-state index in [1.165, 1.54) is 36.1 Å². The Hall–Kier alpha value is -2.34. The molecule has 28 heavy (non-hydrogen) atoms. The summed E-state index contributed by atoms with van der Waals surface area (Å²) in [5.74, 6) is 2.45. The van der Waals surface area contributed by atoms with E-state index in [9.17, 15) is 0 Å². The van der Waals surface area contributed by atoms with Crippen molar-refractivity contribution in [3.05, 3.63) is 41.2 Å². The molecule has 1 spiro atoms. The minimum absolute atomic E-state index is 0.146. The maximum atomic E-state index is 5.65. The molecule has 6 heteroatoms. The summed E-state index contributed by atoms with van der Waals surface area (Å²) >= 11 is 0. The second-order valence-corrected chi connectivity index (χ2v) is 8.19. The molecule has 2 heterocycles. The first-order valence-corrected chi connectivity index (χ1v) is 10.0. The van der Waals surface area contributed by atoms with Gasteiger partial charge in [-0.25, -0.2) is 9.97 Å². The number of benzene rings is 1. The zero-order valence-corrected chi connectivity index (χ0v) is 17.4. The number of fused-ring (bicyclic) bond motifs is 2. The van der Waals surface area contributed by atoms with Gasteiger partial charge in [0.05, 0.1) is 19.9 Å². The minimum Gasteiger partial charge on any atom is -0.493 e. The molecule has 1 aliphatic carbocycles. The number of nitrogens with zero attached hydrogens (tertiary/aromatic N) is 4. The number of para-hydroxylation sites is 1. The maximum absolute atomic E-state index is 5.65. The van der Waals surface area contributed by atoms with E-state index in [2.05, 4.69) is 16.0 Å². The number of rotatable bonds is 5. The van der Waals surface area contributed by atoms with E-state index < -0.39 is 0 Å². The summed E-state index contributed by atoms with van der Waals surface area (Å²) in [6, 6.07) is 6.13. The predicted octanol–water partition coefficient (Wildman–Crippen LogP) is 3.04. The van der Waals surface area contributed by atoms with Crippen LogP contribution in [-0.4, -0.2) is 56.3 Å². The fourth-order valence-corrected chi connectivity index (χ4v) is 4.83. The van der Waals surface area contributed by atoms with Crippen LogP contribution in [0.2, 0.25) is 0 Å². The van der Waals surface area contributed by atoms with Gasteiger partial charge in [0.1, 0.15) is 0 Å². The lowest BCUT2D eigenvalue weighted by Gasteiger charge is -2.40. The van der Waals surface area contributed by atoms with Crippen molar-refractivity contribution in [3.8, 4) is 11.5 Å². The highest BCUT2D eigenvalue weighted by Gasteiger charge is 2.43. The van der Waals surface area contributed by atoms with Crippen molar-refractivity contribution in [2.45, 2.75) is 37.6 Å². The molecule has 2 aromatic rings. The fourth-order valence-electron chi connectivity index (χ4n) is 4.83. The highest BCUT2D eigenvalue weighted by molar-refractivity contribution is 5.46. The average molecular weight is 383 g/mol. The van der Waals surface area contributed by atoms with E-state index in [0.717, 1.165) is 43.5 Å². The lowest BCUT2D eigenvalue weighted by Crippen LogP contribution is -2.45. The largest absolute Gasteiger partial charge is 0.493 e. The first-order chi connectivity index (χ1) is 13.6. The number of aryl methyl sites for hydroxylation is 1. The normalized spacial score (nSPS) is 21.6. The van der Waals surface area contributed by atoms with E-state index in [1.54, 1.807) is 14.2 Å². The Morgan fingerprint density at radius 2 is 2.04 bits per heavy atom. The molecule has 1 fully saturated rings. The standard InChI is InChI=1S/C22H30N4O2/c1-25(2)21-23-13-16-9-11-22(20(16)24-21)10-6-12-26(15-22)14-17-7-5-8-18(27-3)19(17)28-4/h5,7-8,13H,6,9-12,14-15H2,1-4H3. The molecular weight excluding hydrogens is 352 g/mol. The number of hydrogen-bond donors (Lipinski definition) is 0. The smallest absolute Gasteiger partial charge is 0.225 e. The van der Waals surface area contributed by atoms with Gasteiger partial charge in [0.2, 0.25) is 5.95 Å². The molecule has 1 aliphatic heterocycles. The Labute approximate surface area is 167 Å². The molecular formula is C22H30N4O2. The second kappa shape index (κ2) is 7.59. The van der Waals surface area contributed by atoms with Crippen LogP contribution in [0.15, 0.2) is 24.4 Å². The highest BCUT2D eigenvalue weighted by Crippen LogP contribution is 2.45. The number of piperidine rings is 1. The van der Waals surface area contributed by atoms with Crippen LogP contribution in [0.3, 0.4) is 0 Å². The van der Waals surface area contributed by atoms with Gasteiger partial charge in [-0.15, -0.1) is 0 Å². The van der Waals surface area contributed by atoms with Crippen LogP contribution in [-0.2, 0) is 18.4 Å². The van der Waals surface area contributed by atoms with E-state index in [4.69, 9.17) is 14.5 Å². The van der Waals surface area contributed by atoms with Crippen LogP contribution < -0.4 is 14.4 Å². The maximum Gasteiger partial charge on any atom is 0.225 e. The molecule has 1 atom stereocenters. The third kappa shape index (κ3) is 3.30. The van der Waals surface area contributed by atoms with Crippen molar-refractivity contribution in [1.29, 1.82) is 0 Å². The van der Waals surface area contributed by atoms with Crippen LogP contribution >= 0.6 is 0 Å².